The lowest BCUT2D eigenvalue weighted by molar-refractivity contribution is -0.118. The Morgan fingerprint density at radius 1 is 1.31 bits per heavy atom. The maximum Gasteiger partial charge on any atom is 0.239 e. The number of carbonyl (C=O) groups is 1. The molecule has 0 unspecified atom stereocenters. The van der Waals surface area contributed by atoms with Crippen molar-refractivity contribution in [1.82, 2.24) is 9.78 Å². The molecule has 1 aromatic carbocycles. The molecule has 5 heteroatoms. The van der Waals surface area contributed by atoms with Crippen LogP contribution in [0.2, 0.25) is 0 Å². The van der Waals surface area contributed by atoms with E-state index in [-0.39, 0.29) is 12.4 Å². The van der Waals surface area contributed by atoms with Gasteiger partial charge in [-0.2, -0.15) is 5.10 Å². The summed E-state index contributed by atoms with van der Waals surface area (Å²) in [4.78, 5) is 10.7. The monoisotopic (exact) mass is 219 g/mol. The molecule has 1 amide bonds. The van der Waals surface area contributed by atoms with Crippen LogP contribution in [-0.4, -0.2) is 15.7 Å². The first-order chi connectivity index (χ1) is 7.65. The molecule has 1 heterocycles. The number of benzene rings is 1. The fourth-order valence-electron chi connectivity index (χ4n) is 1.40. The molecule has 16 heavy (non-hydrogen) atoms. The minimum atomic E-state index is -0.450. The first kappa shape index (κ1) is 10.4. The zero-order chi connectivity index (χ0) is 11.5. The van der Waals surface area contributed by atoms with Gasteiger partial charge in [-0.1, -0.05) is 12.1 Å². The van der Waals surface area contributed by atoms with Crippen molar-refractivity contribution < 1.29 is 9.18 Å². The number of amides is 1. The highest BCUT2D eigenvalue weighted by Crippen LogP contribution is 2.18. The van der Waals surface area contributed by atoms with Crippen LogP contribution in [-0.2, 0) is 11.3 Å². The lowest BCUT2D eigenvalue weighted by Crippen LogP contribution is -2.18. The third-order valence-electron chi connectivity index (χ3n) is 2.13. The van der Waals surface area contributed by atoms with Gasteiger partial charge in [0.15, 0.2) is 0 Å². The van der Waals surface area contributed by atoms with Crippen LogP contribution in [0.15, 0.2) is 36.7 Å². The summed E-state index contributed by atoms with van der Waals surface area (Å²) in [5, 5.41) is 3.98. The van der Waals surface area contributed by atoms with Crippen LogP contribution in [0.4, 0.5) is 4.39 Å². The topological polar surface area (TPSA) is 60.9 Å². The number of hydrogen-bond donors (Lipinski definition) is 1. The van der Waals surface area contributed by atoms with Crippen molar-refractivity contribution in [3.05, 3.63) is 42.5 Å². The SMILES string of the molecule is NC(=O)Cn1cc(-c2ccc(F)cc2)cn1. The third kappa shape index (κ3) is 2.25. The first-order valence-corrected chi connectivity index (χ1v) is 4.72. The zero-order valence-electron chi connectivity index (χ0n) is 8.43. The summed E-state index contributed by atoms with van der Waals surface area (Å²) in [5.74, 6) is -0.734. The lowest BCUT2D eigenvalue weighted by atomic mass is 10.1. The van der Waals surface area contributed by atoms with Gasteiger partial charge in [-0.05, 0) is 17.7 Å². The van der Waals surface area contributed by atoms with Crippen LogP contribution in [0.5, 0.6) is 0 Å². The summed E-state index contributed by atoms with van der Waals surface area (Å²) in [6.07, 6.45) is 3.30. The molecule has 0 saturated heterocycles. The molecular weight excluding hydrogens is 209 g/mol. The van der Waals surface area contributed by atoms with E-state index < -0.39 is 5.91 Å². The van der Waals surface area contributed by atoms with E-state index in [0.29, 0.717) is 0 Å². The van der Waals surface area contributed by atoms with Gasteiger partial charge < -0.3 is 5.73 Å². The van der Waals surface area contributed by atoms with E-state index in [9.17, 15) is 9.18 Å². The van der Waals surface area contributed by atoms with E-state index in [0.717, 1.165) is 11.1 Å². The van der Waals surface area contributed by atoms with E-state index in [1.54, 1.807) is 24.5 Å². The smallest absolute Gasteiger partial charge is 0.239 e. The second-order valence-electron chi connectivity index (χ2n) is 3.40. The predicted molar refractivity (Wildman–Crippen MR) is 56.8 cm³/mol. The van der Waals surface area contributed by atoms with Crippen LogP contribution >= 0.6 is 0 Å². The number of aromatic nitrogens is 2. The molecule has 4 nitrogen and oxygen atoms in total. The zero-order valence-corrected chi connectivity index (χ0v) is 8.43. The Balaban J connectivity index is 2.24. The van der Waals surface area contributed by atoms with Gasteiger partial charge in [-0.15, -0.1) is 0 Å². The van der Waals surface area contributed by atoms with Gasteiger partial charge in [0.1, 0.15) is 12.4 Å². The summed E-state index contributed by atoms with van der Waals surface area (Å²) in [7, 11) is 0. The molecule has 0 aliphatic carbocycles. The molecule has 0 saturated carbocycles. The summed E-state index contributed by atoms with van der Waals surface area (Å²) in [6.45, 7) is 0.0429. The number of halogens is 1. The van der Waals surface area contributed by atoms with Gasteiger partial charge in [0.05, 0.1) is 6.20 Å². The molecule has 0 spiro atoms. The number of hydrogen-bond acceptors (Lipinski definition) is 2. The number of nitrogens with zero attached hydrogens (tertiary/aromatic N) is 2. The molecule has 1 aromatic heterocycles. The van der Waals surface area contributed by atoms with Crippen LogP contribution in [0, 0.1) is 5.82 Å². The Morgan fingerprint density at radius 2 is 2.00 bits per heavy atom. The van der Waals surface area contributed by atoms with Crippen LogP contribution in [0.1, 0.15) is 0 Å². The van der Waals surface area contributed by atoms with Crippen molar-refractivity contribution in [2.45, 2.75) is 6.54 Å². The predicted octanol–water partition coefficient (Wildman–Crippen LogP) is 1.17. The summed E-state index contributed by atoms with van der Waals surface area (Å²) >= 11 is 0. The van der Waals surface area contributed by atoms with Crippen LogP contribution in [0.25, 0.3) is 11.1 Å². The Morgan fingerprint density at radius 3 is 2.62 bits per heavy atom. The van der Waals surface area contributed by atoms with Gasteiger partial charge in [0.25, 0.3) is 0 Å². The second-order valence-corrected chi connectivity index (χ2v) is 3.40. The highest BCUT2D eigenvalue weighted by atomic mass is 19.1. The average Bonchev–Trinajstić information content (AvgIpc) is 2.66. The van der Waals surface area contributed by atoms with Gasteiger partial charge in [0, 0.05) is 11.8 Å². The van der Waals surface area contributed by atoms with E-state index >= 15 is 0 Å². The number of nitrogens with two attached hydrogens (primary N) is 1. The molecular formula is C11H10FN3O. The van der Waals surface area contributed by atoms with Gasteiger partial charge in [-0.25, -0.2) is 4.39 Å². The molecule has 82 valence electrons. The molecule has 0 aliphatic heterocycles. The summed E-state index contributed by atoms with van der Waals surface area (Å²) in [5.41, 5.74) is 6.71. The largest absolute Gasteiger partial charge is 0.368 e. The van der Waals surface area contributed by atoms with Gasteiger partial charge in [-0.3, -0.25) is 9.48 Å². The Bertz CT molecular complexity index is 504. The number of rotatable bonds is 3. The van der Waals surface area contributed by atoms with Gasteiger partial charge >= 0.3 is 0 Å². The molecule has 0 bridgehead atoms. The van der Waals surface area contributed by atoms with E-state index in [1.807, 2.05) is 0 Å². The Labute approximate surface area is 91.5 Å². The lowest BCUT2D eigenvalue weighted by Gasteiger charge is -1.96. The van der Waals surface area contributed by atoms with E-state index in [1.165, 1.54) is 16.8 Å². The van der Waals surface area contributed by atoms with Crippen LogP contribution in [0.3, 0.4) is 0 Å². The average molecular weight is 219 g/mol. The maximum absolute atomic E-state index is 12.7. The van der Waals surface area contributed by atoms with Crippen molar-refractivity contribution in [3.63, 3.8) is 0 Å². The third-order valence-corrected chi connectivity index (χ3v) is 2.13. The van der Waals surface area contributed by atoms with Crippen molar-refractivity contribution in [2.75, 3.05) is 0 Å². The fraction of sp³-hybridized carbons (Fsp3) is 0.0909. The normalized spacial score (nSPS) is 10.3. The minimum absolute atomic E-state index is 0.0429. The molecule has 0 fully saturated rings. The highest BCUT2D eigenvalue weighted by molar-refractivity contribution is 5.73. The van der Waals surface area contributed by atoms with Crippen molar-refractivity contribution in [1.29, 1.82) is 0 Å². The molecule has 2 aromatic rings. The maximum atomic E-state index is 12.7. The number of primary amides is 1. The first-order valence-electron chi connectivity index (χ1n) is 4.72. The second kappa shape index (κ2) is 4.14. The Hall–Kier alpha value is -2.17. The van der Waals surface area contributed by atoms with Crippen molar-refractivity contribution in [3.8, 4) is 11.1 Å². The van der Waals surface area contributed by atoms with Crippen molar-refractivity contribution >= 4 is 5.91 Å². The quantitative estimate of drug-likeness (QED) is 0.842. The molecule has 0 aliphatic rings. The van der Waals surface area contributed by atoms with Gasteiger partial charge in [0.2, 0.25) is 5.91 Å². The summed E-state index contributed by atoms with van der Waals surface area (Å²) in [6, 6.07) is 6.06. The van der Waals surface area contributed by atoms with Crippen LogP contribution < -0.4 is 5.73 Å². The molecule has 2 rings (SSSR count). The number of carbonyl (C=O) groups excluding carboxylic acids is 1. The fourth-order valence-corrected chi connectivity index (χ4v) is 1.40. The minimum Gasteiger partial charge on any atom is -0.368 e. The standard InChI is InChI=1S/C11H10FN3O/c12-10-3-1-8(2-4-10)9-5-14-15(6-9)7-11(13)16/h1-6H,7H2,(H2,13,16). The summed E-state index contributed by atoms with van der Waals surface area (Å²) < 4.78 is 14.1. The van der Waals surface area contributed by atoms with E-state index in [4.69, 9.17) is 5.73 Å². The van der Waals surface area contributed by atoms with Crippen molar-refractivity contribution in [2.24, 2.45) is 5.73 Å². The molecule has 0 radical (unpaired) electrons. The van der Waals surface area contributed by atoms with E-state index in [2.05, 4.69) is 5.10 Å². The highest BCUT2D eigenvalue weighted by Gasteiger charge is 2.03. The Kier molecular flexibility index (Phi) is 2.68. The molecule has 2 N–H and O–H groups in total. The molecule has 0 atom stereocenters.